The van der Waals surface area contributed by atoms with E-state index in [4.69, 9.17) is 0 Å². The van der Waals surface area contributed by atoms with E-state index >= 15 is 0 Å². The molecule has 0 N–H and O–H groups in total. The van der Waals surface area contributed by atoms with Crippen molar-refractivity contribution in [2.45, 2.75) is 13.5 Å². The van der Waals surface area contributed by atoms with Crippen molar-refractivity contribution < 1.29 is 8.78 Å². The van der Waals surface area contributed by atoms with Gasteiger partial charge in [-0.1, -0.05) is 24.3 Å². The van der Waals surface area contributed by atoms with Gasteiger partial charge in [-0.25, -0.2) is 23.7 Å². The molecule has 0 radical (unpaired) electrons. The van der Waals surface area contributed by atoms with Gasteiger partial charge < -0.3 is 4.57 Å². The van der Waals surface area contributed by atoms with Gasteiger partial charge in [-0.3, -0.25) is 0 Å². The van der Waals surface area contributed by atoms with Crippen molar-refractivity contribution in [2.75, 3.05) is 0 Å². The predicted octanol–water partition coefficient (Wildman–Crippen LogP) is 4.61. The fourth-order valence-electron chi connectivity index (χ4n) is 3.45. The van der Waals surface area contributed by atoms with Crippen LogP contribution >= 0.6 is 0 Å². The number of aryl methyl sites for hydroxylation is 1. The van der Waals surface area contributed by atoms with Crippen LogP contribution in [0.1, 0.15) is 22.8 Å². The summed E-state index contributed by atoms with van der Waals surface area (Å²) >= 11 is 0. The molecule has 0 amide bonds. The number of rotatable bonds is 2. The molecule has 2 aromatic heterocycles. The molecular weight excluding hydrogens is 346 g/mol. The summed E-state index contributed by atoms with van der Waals surface area (Å²) in [7, 11) is 0. The lowest BCUT2D eigenvalue weighted by Gasteiger charge is -2.03. The van der Waals surface area contributed by atoms with Crippen molar-refractivity contribution in [3.63, 3.8) is 0 Å². The van der Waals surface area contributed by atoms with Crippen molar-refractivity contribution in [3.05, 3.63) is 77.0 Å². The van der Waals surface area contributed by atoms with Crippen LogP contribution in [0.5, 0.6) is 0 Å². The molecule has 0 bridgehead atoms. The molecule has 0 saturated carbocycles. The standard InChI is InChI=1S/C21H14F2N4/c1-12-16-8-17(22)18(23)9-19(16)26-20(24-12)7-6-14-11-27-10-13-4-2-3-5-15(13)21(27)25-14/h2-9,11H,10H2,1H3/b7-6+. The Bertz CT molecular complexity index is 1240. The molecule has 27 heavy (non-hydrogen) atoms. The molecule has 4 nitrogen and oxygen atoms in total. The summed E-state index contributed by atoms with van der Waals surface area (Å²) in [6.45, 7) is 2.56. The highest BCUT2D eigenvalue weighted by Crippen LogP contribution is 2.31. The molecule has 0 atom stereocenters. The lowest BCUT2D eigenvalue weighted by Crippen LogP contribution is -1.96. The number of hydrogen-bond acceptors (Lipinski definition) is 3. The Morgan fingerprint density at radius 3 is 2.70 bits per heavy atom. The number of aromatic nitrogens is 4. The minimum absolute atomic E-state index is 0.377. The van der Waals surface area contributed by atoms with Gasteiger partial charge in [0.05, 0.1) is 11.2 Å². The quantitative estimate of drug-likeness (QED) is 0.462. The number of benzene rings is 2. The van der Waals surface area contributed by atoms with Crippen molar-refractivity contribution in [1.29, 1.82) is 0 Å². The molecule has 1 aliphatic rings. The number of halogens is 2. The van der Waals surface area contributed by atoms with Crippen LogP contribution in [0.2, 0.25) is 0 Å². The molecule has 0 unspecified atom stereocenters. The maximum absolute atomic E-state index is 13.5. The normalized spacial score (nSPS) is 12.7. The molecule has 0 spiro atoms. The lowest BCUT2D eigenvalue weighted by molar-refractivity contribution is 0.510. The Hall–Kier alpha value is -3.41. The first-order valence-electron chi connectivity index (χ1n) is 8.55. The number of fused-ring (bicyclic) bond motifs is 4. The van der Waals surface area contributed by atoms with Gasteiger partial charge in [-0.15, -0.1) is 0 Å². The van der Waals surface area contributed by atoms with Crippen molar-refractivity contribution in [2.24, 2.45) is 0 Å². The summed E-state index contributed by atoms with van der Waals surface area (Å²) in [4.78, 5) is 13.3. The van der Waals surface area contributed by atoms with Crippen LogP contribution < -0.4 is 0 Å². The van der Waals surface area contributed by atoms with E-state index < -0.39 is 11.6 Å². The van der Waals surface area contributed by atoms with Crippen LogP contribution in [0.3, 0.4) is 0 Å². The van der Waals surface area contributed by atoms with Crippen molar-refractivity contribution in [3.8, 4) is 11.4 Å². The smallest absolute Gasteiger partial charge is 0.161 e. The summed E-state index contributed by atoms with van der Waals surface area (Å²) in [5, 5.41) is 0.503. The van der Waals surface area contributed by atoms with Gasteiger partial charge in [0.1, 0.15) is 5.82 Å². The molecule has 0 fully saturated rings. The average Bonchev–Trinajstić information content (AvgIpc) is 3.19. The van der Waals surface area contributed by atoms with Crippen LogP contribution in [0.25, 0.3) is 34.4 Å². The second-order valence-electron chi connectivity index (χ2n) is 6.56. The minimum Gasteiger partial charge on any atom is -0.326 e. The third kappa shape index (κ3) is 2.61. The second-order valence-corrected chi connectivity index (χ2v) is 6.56. The van der Waals surface area contributed by atoms with Gasteiger partial charge in [-0.2, -0.15) is 0 Å². The van der Waals surface area contributed by atoms with Gasteiger partial charge in [0.25, 0.3) is 0 Å². The van der Waals surface area contributed by atoms with Crippen LogP contribution in [0, 0.1) is 18.6 Å². The highest BCUT2D eigenvalue weighted by molar-refractivity contribution is 5.82. The molecule has 3 heterocycles. The minimum atomic E-state index is -0.917. The second kappa shape index (κ2) is 5.81. The third-order valence-electron chi connectivity index (χ3n) is 4.74. The fourth-order valence-corrected chi connectivity index (χ4v) is 3.45. The van der Waals surface area contributed by atoms with E-state index in [-0.39, 0.29) is 0 Å². The first-order chi connectivity index (χ1) is 13.1. The van der Waals surface area contributed by atoms with Crippen LogP contribution in [-0.2, 0) is 6.54 Å². The summed E-state index contributed by atoms with van der Waals surface area (Å²) in [5.74, 6) is -0.442. The van der Waals surface area contributed by atoms with E-state index in [2.05, 4.69) is 31.7 Å². The van der Waals surface area contributed by atoms with E-state index in [1.807, 2.05) is 24.4 Å². The first-order valence-corrected chi connectivity index (χ1v) is 8.55. The summed E-state index contributed by atoms with van der Waals surface area (Å²) < 4.78 is 29.0. The van der Waals surface area contributed by atoms with Gasteiger partial charge in [0.15, 0.2) is 17.5 Å². The molecule has 2 aromatic carbocycles. The number of nitrogens with zero attached hydrogens (tertiary/aromatic N) is 4. The zero-order valence-corrected chi connectivity index (χ0v) is 14.4. The third-order valence-corrected chi connectivity index (χ3v) is 4.74. The topological polar surface area (TPSA) is 43.6 Å². The molecule has 132 valence electrons. The van der Waals surface area contributed by atoms with E-state index in [0.717, 1.165) is 35.8 Å². The van der Waals surface area contributed by atoms with E-state index in [0.29, 0.717) is 22.4 Å². The maximum Gasteiger partial charge on any atom is 0.161 e. The summed E-state index contributed by atoms with van der Waals surface area (Å²) in [6, 6.07) is 10.4. The summed E-state index contributed by atoms with van der Waals surface area (Å²) in [6.07, 6.45) is 5.54. The van der Waals surface area contributed by atoms with Crippen molar-refractivity contribution >= 4 is 23.1 Å². The van der Waals surface area contributed by atoms with Gasteiger partial charge in [0.2, 0.25) is 0 Å². The van der Waals surface area contributed by atoms with Crippen LogP contribution in [0.15, 0.2) is 42.6 Å². The number of hydrogen-bond donors (Lipinski definition) is 0. The molecule has 0 aliphatic carbocycles. The Kier molecular flexibility index (Phi) is 3.40. The molecular formula is C21H14F2N4. The SMILES string of the molecule is Cc1nc(/C=C/c2cn3c(n2)-c2ccccc2C3)nc2cc(F)c(F)cc12. The predicted molar refractivity (Wildman–Crippen MR) is 99.9 cm³/mol. The van der Waals surface area contributed by atoms with Crippen molar-refractivity contribution in [1.82, 2.24) is 19.5 Å². The van der Waals surface area contributed by atoms with E-state index in [9.17, 15) is 8.78 Å². The van der Waals surface area contributed by atoms with E-state index in [1.165, 1.54) is 5.56 Å². The monoisotopic (exact) mass is 360 g/mol. The van der Waals surface area contributed by atoms with Crippen LogP contribution in [0.4, 0.5) is 8.78 Å². The fraction of sp³-hybridized carbons (Fsp3) is 0.0952. The highest BCUT2D eigenvalue weighted by atomic mass is 19.2. The molecule has 4 aromatic rings. The Balaban J connectivity index is 1.50. The maximum atomic E-state index is 13.5. The summed E-state index contributed by atoms with van der Waals surface area (Å²) in [5.41, 5.74) is 4.18. The number of imidazole rings is 1. The van der Waals surface area contributed by atoms with Crippen LogP contribution in [-0.4, -0.2) is 19.5 Å². The Labute approximate surface area is 153 Å². The first kappa shape index (κ1) is 15.8. The Morgan fingerprint density at radius 2 is 1.81 bits per heavy atom. The lowest BCUT2D eigenvalue weighted by atomic mass is 10.1. The zero-order valence-electron chi connectivity index (χ0n) is 14.4. The van der Waals surface area contributed by atoms with Gasteiger partial charge >= 0.3 is 0 Å². The van der Waals surface area contributed by atoms with Gasteiger partial charge in [0, 0.05) is 35.5 Å². The van der Waals surface area contributed by atoms with E-state index in [1.54, 1.807) is 13.0 Å². The molecule has 5 rings (SSSR count). The molecule has 0 saturated heterocycles. The molecule has 1 aliphatic heterocycles. The largest absolute Gasteiger partial charge is 0.326 e. The average molecular weight is 360 g/mol. The zero-order chi connectivity index (χ0) is 18.5. The Morgan fingerprint density at radius 1 is 1.00 bits per heavy atom. The highest BCUT2D eigenvalue weighted by Gasteiger charge is 2.19. The van der Waals surface area contributed by atoms with Gasteiger partial charge in [-0.05, 0) is 30.7 Å². The molecule has 6 heteroatoms.